The predicted molar refractivity (Wildman–Crippen MR) is 99.6 cm³/mol. The van der Waals surface area contributed by atoms with Gasteiger partial charge in [-0.1, -0.05) is 30.3 Å². The van der Waals surface area contributed by atoms with Crippen molar-refractivity contribution in [1.29, 1.82) is 0 Å². The Bertz CT molecular complexity index is 886. The molecule has 2 N–H and O–H groups in total. The minimum Gasteiger partial charge on any atom is -0.441 e. The first kappa shape index (κ1) is 17.4. The summed E-state index contributed by atoms with van der Waals surface area (Å²) in [6, 6.07) is 16.6. The summed E-state index contributed by atoms with van der Waals surface area (Å²) in [7, 11) is 0. The minimum atomic E-state index is -0.136. The maximum Gasteiger partial charge on any atom is 0.224 e. The van der Waals surface area contributed by atoms with Crippen molar-refractivity contribution in [3.05, 3.63) is 66.7 Å². The van der Waals surface area contributed by atoms with E-state index in [9.17, 15) is 9.59 Å². The fourth-order valence-corrected chi connectivity index (χ4v) is 2.45. The van der Waals surface area contributed by atoms with E-state index < -0.39 is 0 Å². The predicted octanol–water partition coefficient (Wildman–Crippen LogP) is 3.87. The van der Waals surface area contributed by atoms with Crippen LogP contribution in [0.3, 0.4) is 0 Å². The Kier molecular flexibility index (Phi) is 5.43. The van der Waals surface area contributed by atoms with Gasteiger partial charge in [-0.05, 0) is 24.3 Å². The van der Waals surface area contributed by atoms with Crippen LogP contribution < -0.4 is 10.6 Å². The number of hydrogen-bond acceptors (Lipinski definition) is 4. The Labute approximate surface area is 151 Å². The van der Waals surface area contributed by atoms with E-state index in [0.717, 1.165) is 5.56 Å². The van der Waals surface area contributed by atoms with Gasteiger partial charge in [-0.15, -0.1) is 0 Å². The molecule has 0 aliphatic carbocycles. The summed E-state index contributed by atoms with van der Waals surface area (Å²) in [4.78, 5) is 27.3. The van der Waals surface area contributed by atoms with Crippen molar-refractivity contribution in [2.75, 3.05) is 10.6 Å². The van der Waals surface area contributed by atoms with Gasteiger partial charge in [0.2, 0.25) is 11.8 Å². The summed E-state index contributed by atoms with van der Waals surface area (Å²) >= 11 is 0. The van der Waals surface area contributed by atoms with Crippen LogP contribution in [0, 0.1) is 0 Å². The zero-order valence-electron chi connectivity index (χ0n) is 14.4. The van der Waals surface area contributed by atoms with E-state index in [1.165, 1.54) is 6.92 Å². The molecule has 3 rings (SSSR count). The number of carbonyl (C=O) groups excluding carboxylic acids is 2. The summed E-state index contributed by atoms with van der Waals surface area (Å²) < 4.78 is 5.69. The maximum atomic E-state index is 12.1. The average molecular weight is 349 g/mol. The molecule has 6 heteroatoms. The van der Waals surface area contributed by atoms with Crippen LogP contribution in [0.4, 0.5) is 11.4 Å². The molecule has 2 amide bonds. The second-order valence-corrected chi connectivity index (χ2v) is 5.79. The van der Waals surface area contributed by atoms with E-state index in [1.807, 2.05) is 30.3 Å². The normalized spacial score (nSPS) is 10.3. The van der Waals surface area contributed by atoms with Gasteiger partial charge in [-0.25, -0.2) is 4.98 Å². The third-order valence-electron chi connectivity index (χ3n) is 3.67. The molecule has 2 aromatic carbocycles. The fraction of sp³-hybridized carbons (Fsp3) is 0.150. The molecule has 0 bridgehead atoms. The zero-order chi connectivity index (χ0) is 18.4. The number of anilines is 2. The van der Waals surface area contributed by atoms with Gasteiger partial charge < -0.3 is 15.1 Å². The van der Waals surface area contributed by atoms with E-state index in [0.29, 0.717) is 29.4 Å². The summed E-state index contributed by atoms with van der Waals surface area (Å²) in [5.41, 5.74) is 2.31. The van der Waals surface area contributed by atoms with Crippen LogP contribution in [0.25, 0.3) is 11.3 Å². The highest BCUT2D eigenvalue weighted by atomic mass is 16.4. The molecule has 0 saturated carbocycles. The molecule has 0 aliphatic rings. The number of aryl methyl sites for hydroxylation is 1. The van der Waals surface area contributed by atoms with Crippen LogP contribution in [-0.2, 0) is 16.0 Å². The molecule has 0 atom stereocenters. The second-order valence-electron chi connectivity index (χ2n) is 5.79. The van der Waals surface area contributed by atoms with E-state index in [-0.39, 0.29) is 18.2 Å². The van der Waals surface area contributed by atoms with Gasteiger partial charge >= 0.3 is 0 Å². The summed E-state index contributed by atoms with van der Waals surface area (Å²) in [5, 5.41) is 5.49. The Hall–Kier alpha value is -3.41. The fourth-order valence-electron chi connectivity index (χ4n) is 2.45. The van der Waals surface area contributed by atoms with E-state index in [4.69, 9.17) is 4.42 Å². The van der Waals surface area contributed by atoms with Crippen molar-refractivity contribution >= 4 is 23.2 Å². The lowest BCUT2D eigenvalue weighted by molar-refractivity contribution is -0.116. The van der Waals surface area contributed by atoms with Crippen LogP contribution in [0.15, 0.2) is 65.2 Å². The quantitative estimate of drug-likeness (QED) is 0.707. The third-order valence-corrected chi connectivity index (χ3v) is 3.67. The average Bonchev–Trinajstić information content (AvgIpc) is 3.11. The molecular formula is C20H19N3O3. The number of nitrogens with one attached hydrogen (secondary N) is 2. The number of nitrogens with zero attached hydrogens (tertiary/aromatic N) is 1. The Morgan fingerprint density at radius 1 is 0.962 bits per heavy atom. The Morgan fingerprint density at radius 2 is 1.62 bits per heavy atom. The number of benzene rings is 2. The van der Waals surface area contributed by atoms with Crippen molar-refractivity contribution < 1.29 is 14.0 Å². The third kappa shape index (κ3) is 4.80. The maximum absolute atomic E-state index is 12.1. The van der Waals surface area contributed by atoms with Crippen LogP contribution in [0.1, 0.15) is 19.2 Å². The molecule has 0 fully saturated rings. The van der Waals surface area contributed by atoms with E-state index in [2.05, 4.69) is 15.6 Å². The molecule has 132 valence electrons. The van der Waals surface area contributed by atoms with Crippen LogP contribution in [0.5, 0.6) is 0 Å². The number of hydrogen-bond donors (Lipinski definition) is 2. The lowest BCUT2D eigenvalue weighted by atomic mass is 10.2. The lowest BCUT2D eigenvalue weighted by Crippen LogP contribution is -2.12. The first-order chi connectivity index (χ1) is 12.6. The zero-order valence-corrected chi connectivity index (χ0v) is 14.4. The van der Waals surface area contributed by atoms with Crippen LogP contribution in [0.2, 0.25) is 0 Å². The van der Waals surface area contributed by atoms with Gasteiger partial charge in [-0.2, -0.15) is 0 Å². The van der Waals surface area contributed by atoms with Gasteiger partial charge in [0.05, 0.1) is 6.20 Å². The molecule has 0 radical (unpaired) electrons. The largest absolute Gasteiger partial charge is 0.441 e. The van der Waals surface area contributed by atoms with Gasteiger partial charge in [0.15, 0.2) is 11.7 Å². The number of oxazole rings is 1. The van der Waals surface area contributed by atoms with Gasteiger partial charge in [0, 0.05) is 36.7 Å². The Morgan fingerprint density at radius 3 is 2.27 bits per heavy atom. The number of aromatic nitrogens is 1. The molecule has 3 aromatic rings. The number of amides is 2. The van der Waals surface area contributed by atoms with Gasteiger partial charge in [0.25, 0.3) is 0 Å². The van der Waals surface area contributed by atoms with Crippen molar-refractivity contribution in [2.45, 2.75) is 19.8 Å². The number of rotatable bonds is 6. The molecule has 0 saturated heterocycles. The van der Waals surface area contributed by atoms with Crippen molar-refractivity contribution in [3.8, 4) is 11.3 Å². The smallest absolute Gasteiger partial charge is 0.224 e. The topological polar surface area (TPSA) is 84.2 Å². The molecule has 6 nitrogen and oxygen atoms in total. The van der Waals surface area contributed by atoms with Crippen LogP contribution >= 0.6 is 0 Å². The lowest BCUT2D eigenvalue weighted by Gasteiger charge is -2.06. The summed E-state index contributed by atoms with van der Waals surface area (Å²) in [6.45, 7) is 1.45. The molecule has 0 aliphatic heterocycles. The number of carbonyl (C=O) groups is 2. The highest BCUT2D eigenvalue weighted by Crippen LogP contribution is 2.20. The molecule has 1 aromatic heterocycles. The second kappa shape index (κ2) is 8.11. The first-order valence-corrected chi connectivity index (χ1v) is 8.28. The van der Waals surface area contributed by atoms with Crippen molar-refractivity contribution in [2.24, 2.45) is 0 Å². The van der Waals surface area contributed by atoms with Gasteiger partial charge in [-0.3, -0.25) is 9.59 Å². The highest BCUT2D eigenvalue weighted by molar-refractivity contribution is 5.92. The first-order valence-electron chi connectivity index (χ1n) is 8.28. The Balaban J connectivity index is 1.51. The monoisotopic (exact) mass is 349 g/mol. The standard InChI is InChI=1S/C20H19N3O3/c1-14(24)22-16-7-9-17(10-8-16)23-19(25)11-12-20-21-13-18(26-20)15-5-3-2-4-6-15/h2-10,13H,11-12H2,1H3,(H,22,24)(H,23,25). The minimum absolute atomic E-state index is 0.128. The SMILES string of the molecule is CC(=O)Nc1ccc(NC(=O)CCc2ncc(-c3ccccc3)o2)cc1. The van der Waals surface area contributed by atoms with Crippen molar-refractivity contribution in [1.82, 2.24) is 4.98 Å². The van der Waals surface area contributed by atoms with Crippen molar-refractivity contribution in [3.63, 3.8) is 0 Å². The summed E-state index contributed by atoms with van der Waals surface area (Å²) in [5.74, 6) is 0.953. The molecule has 26 heavy (non-hydrogen) atoms. The molecule has 0 unspecified atom stereocenters. The van der Waals surface area contributed by atoms with E-state index in [1.54, 1.807) is 30.5 Å². The van der Waals surface area contributed by atoms with Gasteiger partial charge in [0.1, 0.15) is 0 Å². The molecule has 0 spiro atoms. The van der Waals surface area contributed by atoms with E-state index >= 15 is 0 Å². The molecular weight excluding hydrogens is 330 g/mol. The highest BCUT2D eigenvalue weighted by Gasteiger charge is 2.09. The van der Waals surface area contributed by atoms with Crippen LogP contribution in [-0.4, -0.2) is 16.8 Å². The molecule has 1 heterocycles. The summed E-state index contributed by atoms with van der Waals surface area (Å²) in [6.07, 6.45) is 2.36.